The Morgan fingerprint density at radius 2 is 1.90 bits per heavy atom. The molecular formula is C16H18FNO2. The number of halogens is 1. The van der Waals surface area contributed by atoms with Crippen LogP contribution in [-0.4, -0.2) is 11.2 Å². The van der Waals surface area contributed by atoms with Crippen LogP contribution in [0.4, 0.5) is 10.1 Å². The van der Waals surface area contributed by atoms with E-state index in [4.69, 9.17) is 10.5 Å². The molecule has 4 heteroatoms. The van der Waals surface area contributed by atoms with Crippen LogP contribution in [0.15, 0.2) is 42.5 Å². The third-order valence-electron chi connectivity index (χ3n) is 2.89. The van der Waals surface area contributed by atoms with E-state index in [-0.39, 0.29) is 6.10 Å². The van der Waals surface area contributed by atoms with Gasteiger partial charge in [-0.2, -0.15) is 0 Å². The Bertz CT molecular complexity index is 599. The maximum absolute atomic E-state index is 13.3. The van der Waals surface area contributed by atoms with Crippen molar-refractivity contribution < 1.29 is 14.2 Å². The van der Waals surface area contributed by atoms with Gasteiger partial charge in [-0.25, -0.2) is 4.39 Å². The topological polar surface area (TPSA) is 55.5 Å². The molecule has 1 unspecified atom stereocenters. The van der Waals surface area contributed by atoms with Crippen molar-refractivity contribution in [2.24, 2.45) is 0 Å². The largest absolute Gasteiger partial charge is 0.491 e. The van der Waals surface area contributed by atoms with Gasteiger partial charge < -0.3 is 15.6 Å². The molecule has 106 valence electrons. The second kappa shape index (κ2) is 5.92. The summed E-state index contributed by atoms with van der Waals surface area (Å²) in [7, 11) is 0. The van der Waals surface area contributed by atoms with Gasteiger partial charge in [0.05, 0.1) is 6.10 Å². The Hall–Kier alpha value is -2.07. The molecular weight excluding hydrogens is 257 g/mol. The predicted molar refractivity (Wildman–Crippen MR) is 77.1 cm³/mol. The maximum atomic E-state index is 13.3. The van der Waals surface area contributed by atoms with Gasteiger partial charge in [0.2, 0.25) is 0 Å². The number of hydrogen-bond acceptors (Lipinski definition) is 3. The predicted octanol–water partition coefficient (Wildman–Crippen LogP) is 3.28. The summed E-state index contributed by atoms with van der Waals surface area (Å²) < 4.78 is 18.9. The fourth-order valence-electron chi connectivity index (χ4n) is 1.99. The monoisotopic (exact) mass is 275 g/mol. The molecule has 0 aliphatic heterocycles. The van der Waals surface area contributed by atoms with E-state index in [0.717, 1.165) is 0 Å². The molecule has 0 radical (unpaired) electrons. The number of ether oxygens (including phenoxy) is 1. The molecule has 0 aromatic heterocycles. The second-order valence-corrected chi connectivity index (χ2v) is 4.91. The molecule has 0 saturated carbocycles. The van der Waals surface area contributed by atoms with E-state index in [1.807, 2.05) is 19.9 Å². The van der Waals surface area contributed by atoms with E-state index in [9.17, 15) is 9.50 Å². The van der Waals surface area contributed by atoms with Gasteiger partial charge in [0.1, 0.15) is 17.7 Å². The SMILES string of the molecule is CC(C)Oc1cccc(C(O)c2cc(F)ccc2N)c1. The van der Waals surface area contributed by atoms with Crippen molar-refractivity contribution in [2.45, 2.75) is 26.1 Å². The van der Waals surface area contributed by atoms with Crippen LogP contribution in [0.1, 0.15) is 31.1 Å². The lowest BCUT2D eigenvalue weighted by Crippen LogP contribution is -2.07. The highest BCUT2D eigenvalue weighted by molar-refractivity contribution is 5.51. The summed E-state index contributed by atoms with van der Waals surface area (Å²) in [6.45, 7) is 3.85. The van der Waals surface area contributed by atoms with Crippen LogP contribution in [0.3, 0.4) is 0 Å². The zero-order valence-electron chi connectivity index (χ0n) is 11.5. The van der Waals surface area contributed by atoms with Gasteiger partial charge in [0, 0.05) is 11.3 Å². The minimum absolute atomic E-state index is 0.0432. The molecule has 0 aliphatic rings. The summed E-state index contributed by atoms with van der Waals surface area (Å²) in [5.74, 6) is 0.231. The highest BCUT2D eigenvalue weighted by Crippen LogP contribution is 2.29. The van der Waals surface area contributed by atoms with Crippen LogP contribution in [0.5, 0.6) is 5.75 Å². The zero-order valence-corrected chi connectivity index (χ0v) is 11.5. The molecule has 2 aromatic rings. The molecule has 0 aliphatic carbocycles. The quantitative estimate of drug-likeness (QED) is 0.842. The van der Waals surface area contributed by atoms with E-state index in [1.165, 1.54) is 18.2 Å². The summed E-state index contributed by atoms with van der Waals surface area (Å²) >= 11 is 0. The Morgan fingerprint density at radius 1 is 1.15 bits per heavy atom. The van der Waals surface area contributed by atoms with Gasteiger partial charge in [0.25, 0.3) is 0 Å². The van der Waals surface area contributed by atoms with Crippen molar-refractivity contribution in [3.05, 3.63) is 59.4 Å². The summed E-state index contributed by atoms with van der Waals surface area (Å²) in [4.78, 5) is 0. The van der Waals surface area contributed by atoms with Crippen molar-refractivity contribution in [3.8, 4) is 5.75 Å². The molecule has 0 spiro atoms. The Kier molecular flexibility index (Phi) is 4.25. The fraction of sp³-hybridized carbons (Fsp3) is 0.250. The van der Waals surface area contributed by atoms with Gasteiger partial charge in [-0.05, 0) is 49.7 Å². The molecule has 2 aromatic carbocycles. The molecule has 3 N–H and O–H groups in total. The molecule has 0 bridgehead atoms. The first kappa shape index (κ1) is 14.3. The van der Waals surface area contributed by atoms with E-state index < -0.39 is 11.9 Å². The first-order valence-electron chi connectivity index (χ1n) is 6.47. The van der Waals surface area contributed by atoms with Crippen LogP contribution in [-0.2, 0) is 0 Å². The standard InChI is InChI=1S/C16H18FNO2/c1-10(2)20-13-5-3-4-11(8-13)16(19)14-9-12(17)6-7-15(14)18/h3-10,16,19H,18H2,1-2H3. The lowest BCUT2D eigenvalue weighted by molar-refractivity contribution is 0.216. The number of aliphatic hydroxyl groups is 1. The minimum atomic E-state index is -0.985. The molecule has 0 saturated heterocycles. The maximum Gasteiger partial charge on any atom is 0.123 e. The molecule has 20 heavy (non-hydrogen) atoms. The van der Waals surface area contributed by atoms with Gasteiger partial charge >= 0.3 is 0 Å². The third-order valence-corrected chi connectivity index (χ3v) is 2.89. The summed E-state index contributed by atoms with van der Waals surface area (Å²) in [6.07, 6.45) is -0.942. The van der Waals surface area contributed by atoms with Gasteiger partial charge in [0.15, 0.2) is 0 Å². The van der Waals surface area contributed by atoms with Crippen LogP contribution in [0.2, 0.25) is 0 Å². The number of hydrogen-bond donors (Lipinski definition) is 2. The van der Waals surface area contributed by atoms with E-state index in [1.54, 1.807) is 18.2 Å². The smallest absolute Gasteiger partial charge is 0.123 e. The Labute approximate surface area is 117 Å². The molecule has 0 amide bonds. The van der Waals surface area contributed by atoms with Gasteiger partial charge in [-0.15, -0.1) is 0 Å². The van der Waals surface area contributed by atoms with E-state index in [2.05, 4.69) is 0 Å². The normalized spacial score (nSPS) is 12.4. The molecule has 3 nitrogen and oxygen atoms in total. The highest BCUT2D eigenvalue weighted by Gasteiger charge is 2.15. The van der Waals surface area contributed by atoms with Crippen LogP contribution < -0.4 is 10.5 Å². The van der Waals surface area contributed by atoms with Gasteiger partial charge in [-0.3, -0.25) is 0 Å². The lowest BCUT2D eigenvalue weighted by atomic mass is 10.00. The summed E-state index contributed by atoms with van der Waals surface area (Å²) in [6, 6.07) is 11.0. The van der Waals surface area contributed by atoms with E-state index in [0.29, 0.717) is 22.6 Å². The first-order valence-corrected chi connectivity index (χ1v) is 6.47. The Morgan fingerprint density at radius 3 is 2.60 bits per heavy atom. The average Bonchev–Trinajstić information content (AvgIpc) is 2.40. The van der Waals surface area contributed by atoms with Crippen LogP contribution in [0, 0.1) is 5.82 Å². The number of aliphatic hydroxyl groups excluding tert-OH is 1. The zero-order chi connectivity index (χ0) is 14.7. The van der Waals surface area contributed by atoms with Crippen LogP contribution >= 0.6 is 0 Å². The number of anilines is 1. The average molecular weight is 275 g/mol. The van der Waals surface area contributed by atoms with E-state index >= 15 is 0 Å². The highest BCUT2D eigenvalue weighted by atomic mass is 19.1. The molecule has 2 rings (SSSR count). The van der Waals surface area contributed by atoms with Crippen molar-refractivity contribution >= 4 is 5.69 Å². The molecule has 0 fully saturated rings. The number of nitrogen functional groups attached to an aromatic ring is 1. The summed E-state index contributed by atoms with van der Waals surface area (Å²) in [5.41, 5.74) is 7.11. The summed E-state index contributed by atoms with van der Waals surface area (Å²) in [5, 5.41) is 10.4. The second-order valence-electron chi connectivity index (χ2n) is 4.91. The third kappa shape index (κ3) is 3.27. The number of rotatable bonds is 4. The van der Waals surface area contributed by atoms with Crippen molar-refractivity contribution in [1.82, 2.24) is 0 Å². The van der Waals surface area contributed by atoms with Crippen molar-refractivity contribution in [1.29, 1.82) is 0 Å². The van der Waals surface area contributed by atoms with Crippen LogP contribution in [0.25, 0.3) is 0 Å². The molecule has 0 heterocycles. The fourth-order valence-corrected chi connectivity index (χ4v) is 1.99. The first-order chi connectivity index (χ1) is 9.47. The van der Waals surface area contributed by atoms with Gasteiger partial charge in [-0.1, -0.05) is 12.1 Å². The van der Waals surface area contributed by atoms with Crippen molar-refractivity contribution in [2.75, 3.05) is 5.73 Å². The van der Waals surface area contributed by atoms with Crippen molar-refractivity contribution in [3.63, 3.8) is 0 Å². The number of nitrogens with two attached hydrogens (primary N) is 1. The minimum Gasteiger partial charge on any atom is -0.491 e. The number of benzene rings is 2. The lowest BCUT2D eigenvalue weighted by Gasteiger charge is -2.16. The molecule has 1 atom stereocenters. The Balaban J connectivity index is 2.33.